The number of rotatable bonds is 3. The van der Waals surface area contributed by atoms with E-state index in [0.29, 0.717) is 11.3 Å². The summed E-state index contributed by atoms with van der Waals surface area (Å²) < 4.78 is 3.49. The standard InChI is InChI=1S/C20H20N6O/c1-12-5-6-16(13(2)9-12)23-20(27)17-10-19-21-8-7-18(26(19)24-17)15-11-22-25(4)14(15)3/h5-11H,1-4H3,(H,23,27). The number of hydrogen-bond acceptors (Lipinski definition) is 4. The molecule has 0 aliphatic rings. The average molecular weight is 360 g/mol. The fourth-order valence-electron chi connectivity index (χ4n) is 3.10. The minimum absolute atomic E-state index is 0.263. The van der Waals surface area contributed by atoms with E-state index in [-0.39, 0.29) is 5.91 Å². The molecule has 1 aromatic carbocycles. The third-order valence-electron chi connectivity index (χ3n) is 4.73. The van der Waals surface area contributed by atoms with Gasteiger partial charge in [-0.3, -0.25) is 9.48 Å². The summed E-state index contributed by atoms with van der Waals surface area (Å²) in [5.41, 5.74) is 6.68. The van der Waals surface area contributed by atoms with Gasteiger partial charge in [-0.1, -0.05) is 17.7 Å². The van der Waals surface area contributed by atoms with Crippen molar-refractivity contribution in [1.82, 2.24) is 24.4 Å². The molecule has 0 spiro atoms. The molecule has 7 nitrogen and oxygen atoms in total. The van der Waals surface area contributed by atoms with Gasteiger partial charge in [0.15, 0.2) is 11.3 Å². The molecule has 0 bridgehead atoms. The molecule has 0 fully saturated rings. The number of fused-ring (bicyclic) bond motifs is 1. The van der Waals surface area contributed by atoms with Gasteiger partial charge in [-0.15, -0.1) is 0 Å². The first-order chi connectivity index (χ1) is 12.9. The third kappa shape index (κ3) is 2.97. The Bertz CT molecular complexity index is 1170. The molecule has 3 aromatic heterocycles. The Labute approximate surface area is 156 Å². The molecule has 27 heavy (non-hydrogen) atoms. The van der Waals surface area contributed by atoms with Gasteiger partial charge in [-0.25, -0.2) is 9.50 Å². The van der Waals surface area contributed by atoms with Crippen LogP contribution in [0.2, 0.25) is 0 Å². The number of nitrogens with zero attached hydrogens (tertiary/aromatic N) is 5. The number of amides is 1. The van der Waals surface area contributed by atoms with E-state index >= 15 is 0 Å². The lowest BCUT2D eigenvalue weighted by molar-refractivity contribution is 0.102. The topological polar surface area (TPSA) is 77.1 Å². The highest BCUT2D eigenvalue weighted by Gasteiger charge is 2.16. The second-order valence-corrected chi connectivity index (χ2v) is 6.67. The lowest BCUT2D eigenvalue weighted by Crippen LogP contribution is -2.13. The Morgan fingerprint density at radius 2 is 1.93 bits per heavy atom. The Kier molecular flexibility index (Phi) is 3.99. The van der Waals surface area contributed by atoms with Crippen molar-refractivity contribution < 1.29 is 4.79 Å². The van der Waals surface area contributed by atoms with Gasteiger partial charge in [0.1, 0.15) is 0 Å². The van der Waals surface area contributed by atoms with E-state index in [4.69, 9.17) is 0 Å². The summed E-state index contributed by atoms with van der Waals surface area (Å²) in [5.74, 6) is -0.263. The van der Waals surface area contributed by atoms with E-state index in [2.05, 4.69) is 20.5 Å². The van der Waals surface area contributed by atoms with Crippen LogP contribution in [0.25, 0.3) is 16.9 Å². The lowest BCUT2D eigenvalue weighted by atomic mass is 10.1. The third-order valence-corrected chi connectivity index (χ3v) is 4.73. The molecule has 0 atom stereocenters. The van der Waals surface area contributed by atoms with Crippen LogP contribution >= 0.6 is 0 Å². The summed E-state index contributed by atoms with van der Waals surface area (Å²) in [7, 11) is 1.89. The molecule has 0 aliphatic heterocycles. The largest absolute Gasteiger partial charge is 0.320 e. The minimum atomic E-state index is -0.263. The zero-order chi connectivity index (χ0) is 19.1. The van der Waals surface area contributed by atoms with E-state index in [1.807, 2.05) is 52.1 Å². The summed E-state index contributed by atoms with van der Waals surface area (Å²) in [6.07, 6.45) is 3.51. The maximum Gasteiger partial charge on any atom is 0.276 e. The smallest absolute Gasteiger partial charge is 0.276 e. The van der Waals surface area contributed by atoms with Crippen LogP contribution in [0.5, 0.6) is 0 Å². The van der Waals surface area contributed by atoms with Crippen LogP contribution in [-0.2, 0) is 7.05 Å². The first kappa shape index (κ1) is 17.0. The molecule has 0 saturated carbocycles. The summed E-state index contributed by atoms with van der Waals surface area (Å²) in [5, 5.41) is 11.7. The summed E-state index contributed by atoms with van der Waals surface area (Å²) in [4.78, 5) is 17.0. The zero-order valence-electron chi connectivity index (χ0n) is 15.7. The van der Waals surface area contributed by atoms with Crippen LogP contribution in [0.4, 0.5) is 5.69 Å². The number of aryl methyl sites for hydroxylation is 3. The lowest BCUT2D eigenvalue weighted by Gasteiger charge is -2.07. The maximum absolute atomic E-state index is 12.7. The molecular formula is C20H20N6O. The maximum atomic E-state index is 12.7. The summed E-state index contributed by atoms with van der Waals surface area (Å²) in [6.45, 7) is 5.98. The molecular weight excluding hydrogens is 340 g/mol. The molecule has 0 radical (unpaired) electrons. The molecule has 7 heteroatoms. The number of anilines is 1. The molecule has 0 aliphatic carbocycles. The van der Waals surface area contributed by atoms with Crippen LogP contribution in [0.1, 0.15) is 27.3 Å². The highest BCUT2D eigenvalue weighted by Crippen LogP contribution is 2.23. The van der Waals surface area contributed by atoms with Crippen molar-refractivity contribution in [3.05, 3.63) is 65.2 Å². The van der Waals surface area contributed by atoms with E-state index in [1.165, 1.54) is 0 Å². The highest BCUT2D eigenvalue weighted by molar-refractivity contribution is 6.04. The van der Waals surface area contributed by atoms with Crippen LogP contribution < -0.4 is 5.32 Å². The van der Waals surface area contributed by atoms with Crippen molar-refractivity contribution in [2.75, 3.05) is 5.32 Å². The van der Waals surface area contributed by atoms with Gasteiger partial charge in [0.2, 0.25) is 0 Å². The Balaban J connectivity index is 1.72. The number of benzene rings is 1. The van der Waals surface area contributed by atoms with Gasteiger partial charge in [-0.05, 0) is 38.5 Å². The Hall–Kier alpha value is -3.48. The number of carbonyl (C=O) groups is 1. The zero-order valence-corrected chi connectivity index (χ0v) is 15.7. The van der Waals surface area contributed by atoms with Crippen molar-refractivity contribution >= 4 is 17.2 Å². The first-order valence-corrected chi connectivity index (χ1v) is 8.66. The predicted octanol–water partition coefficient (Wildman–Crippen LogP) is 3.31. The van der Waals surface area contributed by atoms with E-state index < -0.39 is 0 Å². The van der Waals surface area contributed by atoms with Gasteiger partial charge < -0.3 is 5.32 Å². The van der Waals surface area contributed by atoms with E-state index in [0.717, 1.165) is 33.8 Å². The average Bonchev–Trinajstić information content (AvgIpc) is 3.21. The van der Waals surface area contributed by atoms with Crippen molar-refractivity contribution in [2.45, 2.75) is 20.8 Å². The van der Waals surface area contributed by atoms with E-state index in [1.54, 1.807) is 27.7 Å². The van der Waals surface area contributed by atoms with Crippen molar-refractivity contribution in [2.24, 2.45) is 7.05 Å². The first-order valence-electron chi connectivity index (χ1n) is 8.66. The molecule has 1 N–H and O–H groups in total. The van der Waals surface area contributed by atoms with Crippen molar-refractivity contribution in [3.63, 3.8) is 0 Å². The van der Waals surface area contributed by atoms with Crippen molar-refractivity contribution in [3.8, 4) is 11.3 Å². The van der Waals surface area contributed by atoms with Crippen LogP contribution in [0.15, 0.2) is 42.7 Å². The summed E-state index contributed by atoms with van der Waals surface area (Å²) >= 11 is 0. The van der Waals surface area contributed by atoms with Crippen molar-refractivity contribution in [1.29, 1.82) is 0 Å². The van der Waals surface area contributed by atoms with Crippen LogP contribution in [0, 0.1) is 20.8 Å². The summed E-state index contributed by atoms with van der Waals surface area (Å²) in [6, 6.07) is 9.46. The minimum Gasteiger partial charge on any atom is -0.320 e. The second kappa shape index (κ2) is 6.35. The second-order valence-electron chi connectivity index (χ2n) is 6.67. The van der Waals surface area contributed by atoms with Crippen LogP contribution in [-0.4, -0.2) is 30.3 Å². The molecule has 136 valence electrons. The van der Waals surface area contributed by atoms with E-state index in [9.17, 15) is 4.79 Å². The molecule has 4 aromatic rings. The molecule has 4 rings (SSSR count). The normalized spacial score (nSPS) is 11.1. The highest BCUT2D eigenvalue weighted by atomic mass is 16.1. The monoisotopic (exact) mass is 360 g/mol. The molecule has 0 unspecified atom stereocenters. The number of nitrogens with one attached hydrogen (secondary N) is 1. The molecule has 1 amide bonds. The van der Waals surface area contributed by atoms with Gasteiger partial charge in [-0.2, -0.15) is 10.2 Å². The Morgan fingerprint density at radius 3 is 2.63 bits per heavy atom. The number of carbonyl (C=O) groups excluding carboxylic acids is 1. The van der Waals surface area contributed by atoms with Gasteiger partial charge >= 0.3 is 0 Å². The Morgan fingerprint density at radius 1 is 1.11 bits per heavy atom. The fraction of sp³-hybridized carbons (Fsp3) is 0.200. The predicted molar refractivity (Wildman–Crippen MR) is 104 cm³/mol. The fourth-order valence-corrected chi connectivity index (χ4v) is 3.10. The van der Waals surface area contributed by atoms with Gasteiger partial charge in [0, 0.05) is 36.3 Å². The molecule has 3 heterocycles. The number of hydrogen-bond donors (Lipinski definition) is 1. The SMILES string of the molecule is Cc1ccc(NC(=O)c2cc3nccc(-c4cnn(C)c4C)n3n2)c(C)c1. The number of aromatic nitrogens is 5. The quantitative estimate of drug-likeness (QED) is 0.608. The van der Waals surface area contributed by atoms with Gasteiger partial charge in [0.25, 0.3) is 5.91 Å². The van der Waals surface area contributed by atoms with Gasteiger partial charge in [0.05, 0.1) is 11.9 Å². The molecule has 0 saturated heterocycles. The van der Waals surface area contributed by atoms with Crippen LogP contribution in [0.3, 0.4) is 0 Å².